The lowest BCUT2D eigenvalue weighted by Crippen LogP contribution is -2.33. The van der Waals surface area contributed by atoms with Gasteiger partial charge in [0, 0.05) is 31.7 Å². The van der Waals surface area contributed by atoms with Crippen LogP contribution in [-0.4, -0.2) is 36.3 Å². The van der Waals surface area contributed by atoms with Crippen LogP contribution in [-0.2, 0) is 4.79 Å². The molecular formula is C19H25FN2O2. The molecule has 2 aliphatic heterocycles. The van der Waals surface area contributed by atoms with Crippen molar-refractivity contribution in [2.24, 2.45) is 5.92 Å². The lowest BCUT2D eigenvalue weighted by atomic mass is 9.98. The molecule has 1 aromatic rings. The van der Waals surface area contributed by atoms with Gasteiger partial charge < -0.3 is 9.80 Å². The van der Waals surface area contributed by atoms with Crippen LogP contribution in [0.15, 0.2) is 18.2 Å². The Morgan fingerprint density at radius 2 is 2.04 bits per heavy atom. The van der Waals surface area contributed by atoms with E-state index < -0.39 is 5.82 Å². The van der Waals surface area contributed by atoms with Gasteiger partial charge in [-0.1, -0.05) is 13.3 Å². The smallest absolute Gasteiger partial charge is 0.256 e. The van der Waals surface area contributed by atoms with Gasteiger partial charge in [0.15, 0.2) is 0 Å². The fraction of sp³-hybridized carbons (Fsp3) is 0.579. The summed E-state index contributed by atoms with van der Waals surface area (Å²) in [6, 6.07) is 4.44. The second kappa shape index (κ2) is 7.32. The molecule has 2 amide bonds. The van der Waals surface area contributed by atoms with Crippen molar-refractivity contribution >= 4 is 17.5 Å². The molecule has 2 saturated heterocycles. The van der Waals surface area contributed by atoms with Gasteiger partial charge in [0.2, 0.25) is 5.91 Å². The molecule has 4 nitrogen and oxygen atoms in total. The van der Waals surface area contributed by atoms with Gasteiger partial charge in [0.25, 0.3) is 5.91 Å². The number of anilines is 1. The predicted molar refractivity (Wildman–Crippen MR) is 91.5 cm³/mol. The Labute approximate surface area is 142 Å². The lowest BCUT2D eigenvalue weighted by Gasteiger charge is -2.22. The van der Waals surface area contributed by atoms with E-state index in [2.05, 4.69) is 6.92 Å². The summed E-state index contributed by atoms with van der Waals surface area (Å²) in [5.41, 5.74) is 0.714. The number of amides is 2. The van der Waals surface area contributed by atoms with Crippen LogP contribution in [0.5, 0.6) is 0 Å². The summed E-state index contributed by atoms with van der Waals surface area (Å²) in [4.78, 5) is 28.1. The second-order valence-electron chi connectivity index (χ2n) is 6.81. The average molecular weight is 332 g/mol. The molecule has 0 aromatic heterocycles. The molecule has 24 heavy (non-hydrogen) atoms. The highest BCUT2D eigenvalue weighted by Crippen LogP contribution is 2.26. The van der Waals surface area contributed by atoms with E-state index in [0.29, 0.717) is 37.7 Å². The minimum absolute atomic E-state index is 0.0422. The maximum absolute atomic E-state index is 14.3. The Hall–Kier alpha value is -1.91. The Kier molecular flexibility index (Phi) is 5.17. The van der Waals surface area contributed by atoms with Crippen molar-refractivity contribution in [1.29, 1.82) is 0 Å². The highest BCUT2D eigenvalue weighted by molar-refractivity contribution is 5.99. The van der Waals surface area contributed by atoms with Crippen LogP contribution in [0.3, 0.4) is 0 Å². The summed E-state index contributed by atoms with van der Waals surface area (Å²) in [7, 11) is 0. The predicted octanol–water partition coefficient (Wildman–Crippen LogP) is 3.60. The van der Waals surface area contributed by atoms with Gasteiger partial charge in [-0.15, -0.1) is 0 Å². The Morgan fingerprint density at radius 1 is 1.21 bits per heavy atom. The van der Waals surface area contributed by atoms with E-state index in [9.17, 15) is 14.0 Å². The molecule has 1 atom stereocenters. The highest BCUT2D eigenvalue weighted by atomic mass is 19.1. The molecule has 0 bridgehead atoms. The monoisotopic (exact) mass is 332 g/mol. The van der Waals surface area contributed by atoms with Crippen LogP contribution in [0.2, 0.25) is 0 Å². The fourth-order valence-corrected chi connectivity index (χ4v) is 3.71. The first kappa shape index (κ1) is 16.9. The van der Waals surface area contributed by atoms with Gasteiger partial charge >= 0.3 is 0 Å². The molecular weight excluding hydrogens is 307 g/mol. The minimum Gasteiger partial charge on any atom is -0.339 e. The SMILES string of the molecule is CCC1CCCN(C(=O)c2cc(N3CCCC3=O)ccc2F)CC1. The highest BCUT2D eigenvalue weighted by Gasteiger charge is 2.26. The van der Waals surface area contributed by atoms with Crippen molar-refractivity contribution in [3.63, 3.8) is 0 Å². The summed E-state index contributed by atoms with van der Waals surface area (Å²) in [5, 5.41) is 0. The number of carbonyl (C=O) groups is 2. The third kappa shape index (κ3) is 3.45. The van der Waals surface area contributed by atoms with Crippen LogP contribution in [0.25, 0.3) is 0 Å². The molecule has 5 heteroatoms. The van der Waals surface area contributed by atoms with Gasteiger partial charge in [0.1, 0.15) is 5.82 Å². The van der Waals surface area contributed by atoms with Crippen molar-refractivity contribution in [3.8, 4) is 0 Å². The molecule has 0 N–H and O–H groups in total. The third-order valence-corrected chi connectivity index (χ3v) is 5.28. The minimum atomic E-state index is -0.508. The first-order chi connectivity index (χ1) is 11.6. The van der Waals surface area contributed by atoms with Crippen LogP contribution in [0.1, 0.15) is 55.8 Å². The number of hydrogen-bond acceptors (Lipinski definition) is 2. The van der Waals surface area contributed by atoms with Crippen LogP contribution < -0.4 is 4.90 Å². The molecule has 0 radical (unpaired) electrons. The molecule has 2 fully saturated rings. The zero-order valence-electron chi connectivity index (χ0n) is 14.3. The van der Waals surface area contributed by atoms with Gasteiger partial charge in [-0.3, -0.25) is 9.59 Å². The third-order valence-electron chi connectivity index (χ3n) is 5.28. The molecule has 130 valence electrons. The molecule has 0 saturated carbocycles. The zero-order valence-corrected chi connectivity index (χ0v) is 14.3. The number of hydrogen-bond donors (Lipinski definition) is 0. The van der Waals surface area contributed by atoms with Crippen molar-refractivity contribution in [2.45, 2.75) is 45.4 Å². The average Bonchev–Trinajstić information content (AvgIpc) is 2.87. The van der Waals surface area contributed by atoms with Crippen molar-refractivity contribution in [1.82, 2.24) is 4.90 Å². The number of benzene rings is 1. The first-order valence-electron chi connectivity index (χ1n) is 8.99. The summed E-state index contributed by atoms with van der Waals surface area (Å²) in [6.45, 7) is 4.18. The van der Waals surface area contributed by atoms with E-state index in [-0.39, 0.29) is 17.4 Å². The molecule has 0 aliphatic carbocycles. The molecule has 1 unspecified atom stereocenters. The maximum atomic E-state index is 14.3. The normalized spacial score (nSPS) is 21.9. The van der Waals surface area contributed by atoms with Crippen LogP contribution in [0, 0.1) is 11.7 Å². The first-order valence-corrected chi connectivity index (χ1v) is 8.99. The lowest BCUT2D eigenvalue weighted by molar-refractivity contribution is -0.117. The molecule has 1 aromatic carbocycles. The number of halogens is 1. The summed E-state index contributed by atoms with van der Waals surface area (Å²) >= 11 is 0. The largest absolute Gasteiger partial charge is 0.339 e. The number of rotatable bonds is 3. The molecule has 2 heterocycles. The number of likely N-dealkylation sites (tertiary alicyclic amines) is 1. The van der Waals surface area contributed by atoms with Gasteiger partial charge in [-0.05, 0) is 49.8 Å². The summed E-state index contributed by atoms with van der Waals surface area (Å²) in [5.74, 6) is -0.0637. The van der Waals surface area contributed by atoms with E-state index in [1.54, 1.807) is 21.9 Å². The number of nitrogens with zero attached hydrogens (tertiary/aromatic N) is 2. The van der Waals surface area contributed by atoms with E-state index in [1.165, 1.54) is 6.07 Å². The summed E-state index contributed by atoms with van der Waals surface area (Å²) < 4.78 is 14.3. The molecule has 2 aliphatic rings. The standard InChI is InChI=1S/C19H25FN2O2/c1-2-14-5-3-10-21(12-9-14)19(24)16-13-15(7-8-17(16)20)22-11-4-6-18(22)23/h7-8,13-14H,2-6,9-12H2,1H3. The van der Waals surface area contributed by atoms with E-state index in [1.807, 2.05) is 0 Å². The fourth-order valence-electron chi connectivity index (χ4n) is 3.71. The zero-order chi connectivity index (χ0) is 17.1. The van der Waals surface area contributed by atoms with Crippen LogP contribution >= 0.6 is 0 Å². The summed E-state index contributed by atoms with van der Waals surface area (Å²) in [6.07, 6.45) is 5.54. The van der Waals surface area contributed by atoms with E-state index in [4.69, 9.17) is 0 Å². The van der Waals surface area contributed by atoms with Gasteiger partial charge in [0.05, 0.1) is 5.56 Å². The topological polar surface area (TPSA) is 40.6 Å². The Balaban J connectivity index is 1.80. The van der Waals surface area contributed by atoms with Crippen molar-refractivity contribution < 1.29 is 14.0 Å². The Bertz CT molecular complexity index is 632. The Morgan fingerprint density at radius 3 is 2.75 bits per heavy atom. The van der Waals surface area contributed by atoms with Crippen molar-refractivity contribution in [3.05, 3.63) is 29.6 Å². The molecule has 3 rings (SSSR count). The number of carbonyl (C=O) groups excluding carboxylic acids is 2. The van der Waals surface area contributed by atoms with Crippen molar-refractivity contribution in [2.75, 3.05) is 24.5 Å². The maximum Gasteiger partial charge on any atom is 0.256 e. The van der Waals surface area contributed by atoms with Gasteiger partial charge in [-0.2, -0.15) is 0 Å². The van der Waals surface area contributed by atoms with Gasteiger partial charge in [-0.25, -0.2) is 4.39 Å². The molecule has 0 spiro atoms. The quantitative estimate of drug-likeness (QED) is 0.848. The van der Waals surface area contributed by atoms with E-state index >= 15 is 0 Å². The second-order valence-corrected chi connectivity index (χ2v) is 6.81. The van der Waals surface area contributed by atoms with E-state index in [0.717, 1.165) is 32.1 Å². The van der Waals surface area contributed by atoms with Crippen LogP contribution in [0.4, 0.5) is 10.1 Å².